The molecule has 0 aliphatic heterocycles. The molecule has 1 aliphatic carbocycles. The molecule has 3 N–H and O–H groups in total. The van der Waals surface area contributed by atoms with Crippen molar-refractivity contribution in [1.29, 1.82) is 0 Å². The molecule has 1 saturated carbocycles. The summed E-state index contributed by atoms with van der Waals surface area (Å²) in [5.41, 5.74) is 5.29. The molecule has 0 saturated heterocycles. The van der Waals surface area contributed by atoms with Crippen LogP contribution in [0, 0.1) is 11.6 Å². The Morgan fingerprint density at radius 2 is 2.00 bits per heavy atom. The predicted octanol–water partition coefficient (Wildman–Crippen LogP) is 2.95. The van der Waals surface area contributed by atoms with Gasteiger partial charge in [-0.1, -0.05) is 12.2 Å². The summed E-state index contributed by atoms with van der Waals surface area (Å²) in [4.78, 5) is -0.136. The quantitative estimate of drug-likeness (QED) is 0.817. The van der Waals surface area contributed by atoms with E-state index in [0.29, 0.717) is 0 Å². The topological polar surface area (TPSA) is 38.0 Å². The van der Waals surface area contributed by atoms with E-state index in [2.05, 4.69) is 17.5 Å². The third kappa shape index (κ3) is 2.24. The van der Waals surface area contributed by atoms with E-state index in [-0.39, 0.29) is 21.8 Å². The number of thiocarbonyl (C=S) groups is 1. The number of hydrogen-bond acceptors (Lipinski definition) is 2. The molecule has 0 amide bonds. The molecule has 0 radical (unpaired) electrons. The zero-order chi connectivity index (χ0) is 12.6. The van der Waals surface area contributed by atoms with Gasteiger partial charge in [0, 0.05) is 11.1 Å². The van der Waals surface area contributed by atoms with Gasteiger partial charge in [-0.25, -0.2) is 8.78 Å². The maximum Gasteiger partial charge on any atom is 0.182 e. The minimum atomic E-state index is -0.981. The monoisotopic (exact) mass is 256 g/mol. The van der Waals surface area contributed by atoms with E-state index in [9.17, 15) is 8.78 Å². The fourth-order valence-electron chi connectivity index (χ4n) is 1.99. The third-order valence-corrected chi connectivity index (χ3v) is 3.46. The van der Waals surface area contributed by atoms with E-state index in [4.69, 9.17) is 5.73 Å². The van der Waals surface area contributed by atoms with Gasteiger partial charge in [0.15, 0.2) is 11.6 Å². The number of hydrogen-bond donors (Lipinski definition) is 2. The number of rotatable bonds is 3. The van der Waals surface area contributed by atoms with Crippen LogP contribution in [0.5, 0.6) is 0 Å². The first-order valence-corrected chi connectivity index (χ1v) is 5.90. The van der Waals surface area contributed by atoms with Crippen LogP contribution in [-0.2, 0) is 0 Å². The van der Waals surface area contributed by atoms with E-state index in [1.54, 1.807) is 0 Å². The van der Waals surface area contributed by atoms with Crippen molar-refractivity contribution >= 4 is 22.9 Å². The Labute approximate surface area is 104 Å². The van der Waals surface area contributed by atoms with Crippen molar-refractivity contribution in [3.63, 3.8) is 0 Å². The molecule has 1 aromatic rings. The minimum Gasteiger partial charge on any atom is -0.389 e. The molecule has 0 heterocycles. The Morgan fingerprint density at radius 3 is 2.47 bits per heavy atom. The molecular formula is C12H14F2N2S. The van der Waals surface area contributed by atoms with Gasteiger partial charge < -0.3 is 11.1 Å². The lowest BCUT2D eigenvalue weighted by Gasteiger charge is -2.40. The van der Waals surface area contributed by atoms with Crippen molar-refractivity contribution in [2.24, 2.45) is 5.73 Å². The van der Waals surface area contributed by atoms with E-state index < -0.39 is 11.6 Å². The van der Waals surface area contributed by atoms with Crippen molar-refractivity contribution in [2.45, 2.75) is 31.7 Å². The zero-order valence-corrected chi connectivity index (χ0v) is 10.3. The number of benzene rings is 1. The van der Waals surface area contributed by atoms with Gasteiger partial charge in [-0.3, -0.25) is 0 Å². The van der Waals surface area contributed by atoms with Crippen LogP contribution in [0.3, 0.4) is 0 Å². The fourth-order valence-corrected chi connectivity index (χ4v) is 2.15. The van der Waals surface area contributed by atoms with E-state index in [1.165, 1.54) is 12.1 Å². The molecule has 0 spiro atoms. The van der Waals surface area contributed by atoms with E-state index in [0.717, 1.165) is 19.3 Å². The second-order valence-corrected chi connectivity index (χ2v) is 5.13. The lowest BCUT2D eigenvalue weighted by atomic mass is 9.78. The second-order valence-electron chi connectivity index (χ2n) is 4.69. The van der Waals surface area contributed by atoms with Crippen molar-refractivity contribution in [1.82, 2.24) is 0 Å². The number of halogens is 2. The zero-order valence-electron chi connectivity index (χ0n) is 9.52. The minimum absolute atomic E-state index is 0.0539. The highest BCUT2D eigenvalue weighted by atomic mass is 32.1. The summed E-state index contributed by atoms with van der Waals surface area (Å²) in [6, 6.07) is 2.89. The van der Waals surface area contributed by atoms with Crippen molar-refractivity contribution in [2.75, 3.05) is 5.32 Å². The van der Waals surface area contributed by atoms with Gasteiger partial charge in [0.2, 0.25) is 0 Å². The molecule has 1 aromatic carbocycles. The van der Waals surface area contributed by atoms with E-state index >= 15 is 0 Å². The average Bonchev–Trinajstić information content (AvgIpc) is 2.22. The summed E-state index contributed by atoms with van der Waals surface area (Å²) >= 11 is 4.65. The highest BCUT2D eigenvalue weighted by molar-refractivity contribution is 7.80. The van der Waals surface area contributed by atoms with Crippen LogP contribution in [0.2, 0.25) is 0 Å². The Balaban J connectivity index is 2.30. The normalized spacial score (nSPS) is 17.4. The summed E-state index contributed by atoms with van der Waals surface area (Å²) in [5.74, 6) is -1.89. The maximum atomic E-state index is 13.8. The molecule has 0 bridgehead atoms. The van der Waals surface area contributed by atoms with Crippen LogP contribution in [0.1, 0.15) is 31.7 Å². The molecular weight excluding hydrogens is 242 g/mol. The second kappa shape index (κ2) is 4.22. The third-order valence-electron chi connectivity index (χ3n) is 3.24. The van der Waals surface area contributed by atoms with Crippen LogP contribution in [0.4, 0.5) is 14.5 Å². The average molecular weight is 256 g/mol. The summed E-state index contributed by atoms with van der Waals surface area (Å²) in [6.07, 6.45) is 3.04. The van der Waals surface area contributed by atoms with Gasteiger partial charge in [0.1, 0.15) is 4.99 Å². The first kappa shape index (κ1) is 12.2. The van der Waals surface area contributed by atoms with Gasteiger partial charge in [0.05, 0.1) is 5.69 Å². The summed E-state index contributed by atoms with van der Waals surface area (Å²) < 4.78 is 27.4. The number of anilines is 1. The van der Waals surface area contributed by atoms with Gasteiger partial charge in [-0.05, 0) is 38.3 Å². The van der Waals surface area contributed by atoms with Crippen molar-refractivity contribution in [3.8, 4) is 0 Å². The SMILES string of the molecule is CC1(Nc2ccc(C(N)=S)c(F)c2F)CCC1. The van der Waals surface area contributed by atoms with Gasteiger partial charge in [0.25, 0.3) is 0 Å². The number of nitrogens with two attached hydrogens (primary N) is 1. The van der Waals surface area contributed by atoms with Crippen LogP contribution >= 0.6 is 12.2 Å². The first-order valence-electron chi connectivity index (χ1n) is 5.49. The van der Waals surface area contributed by atoms with Crippen molar-refractivity contribution in [3.05, 3.63) is 29.3 Å². The van der Waals surface area contributed by atoms with Gasteiger partial charge >= 0.3 is 0 Å². The van der Waals surface area contributed by atoms with E-state index in [1.807, 2.05) is 6.92 Å². The molecule has 0 atom stereocenters. The van der Waals surface area contributed by atoms with Gasteiger partial charge in [-0.2, -0.15) is 0 Å². The fraction of sp³-hybridized carbons (Fsp3) is 0.417. The highest BCUT2D eigenvalue weighted by Crippen LogP contribution is 2.35. The van der Waals surface area contributed by atoms with Crippen LogP contribution < -0.4 is 11.1 Å². The Morgan fingerprint density at radius 1 is 1.35 bits per heavy atom. The van der Waals surface area contributed by atoms with Crippen LogP contribution in [0.15, 0.2) is 12.1 Å². The summed E-state index contributed by atoms with van der Waals surface area (Å²) in [5, 5.41) is 3.03. The van der Waals surface area contributed by atoms with Crippen LogP contribution in [-0.4, -0.2) is 10.5 Å². The Bertz CT molecular complexity index is 470. The lowest BCUT2D eigenvalue weighted by Crippen LogP contribution is -2.42. The smallest absolute Gasteiger partial charge is 0.182 e. The van der Waals surface area contributed by atoms with Crippen LogP contribution in [0.25, 0.3) is 0 Å². The summed E-state index contributed by atoms with van der Waals surface area (Å²) in [6.45, 7) is 2.00. The molecule has 17 heavy (non-hydrogen) atoms. The molecule has 2 nitrogen and oxygen atoms in total. The lowest BCUT2D eigenvalue weighted by molar-refractivity contribution is 0.305. The molecule has 0 aromatic heterocycles. The Kier molecular flexibility index (Phi) is 3.03. The maximum absolute atomic E-state index is 13.8. The molecule has 92 valence electrons. The molecule has 1 aliphatic rings. The largest absolute Gasteiger partial charge is 0.389 e. The summed E-state index contributed by atoms with van der Waals surface area (Å²) in [7, 11) is 0. The Hall–Kier alpha value is -1.23. The standard InChI is InChI=1S/C12H14F2N2S/c1-12(5-2-6-12)16-8-4-3-7(11(15)17)9(13)10(8)14/h3-4,16H,2,5-6H2,1H3,(H2,15,17). The molecule has 0 unspecified atom stereocenters. The number of nitrogens with one attached hydrogen (secondary N) is 1. The molecule has 2 rings (SSSR count). The molecule has 5 heteroatoms. The van der Waals surface area contributed by atoms with Crippen molar-refractivity contribution < 1.29 is 8.78 Å². The first-order chi connectivity index (χ1) is 7.93. The van der Waals surface area contributed by atoms with Gasteiger partial charge in [-0.15, -0.1) is 0 Å². The predicted molar refractivity (Wildman–Crippen MR) is 68.1 cm³/mol. The molecule has 1 fully saturated rings. The highest BCUT2D eigenvalue weighted by Gasteiger charge is 2.32.